The van der Waals surface area contributed by atoms with Crippen LogP contribution in [-0.2, 0) is 10.8 Å². The third-order valence-corrected chi connectivity index (χ3v) is 14.6. The van der Waals surface area contributed by atoms with Crippen molar-refractivity contribution in [2.24, 2.45) is 0 Å². The Bertz CT molecular complexity index is 3530. The Hall–Kier alpha value is -8.52. The molecule has 13 rings (SSSR count). The second kappa shape index (κ2) is 15.6. The van der Waals surface area contributed by atoms with E-state index < -0.39 is 10.8 Å². The minimum Gasteiger partial charge on any atom is -0.310 e. The van der Waals surface area contributed by atoms with Crippen molar-refractivity contribution in [2.45, 2.75) is 10.8 Å². The zero-order valence-electron chi connectivity index (χ0n) is 36.9. The molecule has 0 bridgehead atoms. The summed E-state index contributed by atoms with van der Waals surface area (Å²) in [4.78, 5) is 2.45. The Morgan fingerprint density at radius 2 is 0.687 bits per heavy atom. The number of nitrogens with zero attached hydrogens (tertiary/aromatic N) is 1. The fraction of sp³-hybridized carbons (Fsp3) is 0.0303. The van der Waals surface area contributed by atoms with Crippen LogP contribution in [0, 0.1) is 0 Å². The van der Waals surface area contributed by atoms with E-state index in [0.29, 0.717) is 0 Å². The van der Waals surface area contributed by atoms with Crippen LogP contribution < -0.4 is 4.90 Å². The first-order valence-corrected chi connectivity index (χ1v) is 23.3. The van der Waals surface area contributed by atoms with E-state index in [1.165, 1.54) is 88.7 Å². The van der Waals surface area contributed by atoms with Crippen LogP contribution in [0.15, 0.2) is 273 Å². The fourth-order valence-electron chi connectivity index (χ4n) is 11.8. The van der Waals surface area contributed by atoms with Gasteiger partial charge in [-0.15, -0.1) is 0 Å². The maximum Gasteiger partial charge on any atom is 0.0713 e. The molecule has 0 amide bonds. The minimum absolute atomic E-state index is 0.458. The summed E-state index contributed by atoms with van der Waals surface area (Å²) in [6.07, 6.45) is 0. The maximum atomic E-state index is 2.45. The summed E-state index contributed by atoms with van der Waals surface area (Å²) >= 11 is 0. The summed E-state index contributed by atoms with van der Waals surface area (Å²) in [6.45, 7) is 0. The molecule has 67 heavy (non-hydrogen) atoms. The molecule has 0 aromatic heterocycles. The van der Waals surface area contributed by atoms with Crippen LogP contribution in [-0.4, -0.2) is 0 Å². The van der Waals surface area contributed by atoms with E-state index >= 15 is 0 Å². The van der Waals surface area contributed by atoms with Gasteiger partial charge in [-0.1, -0.05) is 237 Å². The molecular formula is C66H45N. The Morgan fingerprint density at radius 3 is 1.28 bits per heavy atom. The first-order valence-electron chi connectivity index (χ1n) is 23.3. The molecule has 0 saturated carbocycles. The van der Waals surface area contributed by atoms with Gasteiger partial charge in [0.25, 0.3) is 0 Å². The molecule has 2 aliphatic rings. The maximum absolute atomic E-state index is 2.45. The highest BCUT2D eigenvalue weighted by Gasteiger charge is 2.47. The number of hydrogen-bond acceptors (Lipinski definition) is 1. The summed E-state index contributed by atoms with van der Waals surface area (Å²) in [5.74, 6) is 0. The molecule has 0 spiro atoms. The lowest BCUT2D eigenvalue weighted by Gasteiger charge is -2.34. The molecule has 0 saturated heterocycles. The lowest BCUT2D eigenvalue weighted by molar-refractivity contribution is 0.768. The zero-order chi connectivity index (χ0) is 44.4. The van der Waals surface area contributed by atoms with Crippen molar-refractivity contribution in [3.05, 3.63) is 317 Å². The lowest BCUT2D eigenvalue weighted by atomic mass is 9.67. The fourth-order valence-corrected chi connectivity index (χ4v) is 11.8. The van der Waals surface area contributed by atoms with Crippen molar-refractivity contribution in [2.75, 3.05) is 4.90 Å². The van der Waals surface area contributed by atoms with Crippen LogP contribution in [0.1, 0.15) is 44.5 Å². The van der Waals surface area contributed by atoms with Crippen molar-refractivity contribution in [3.8, 4) is 33.4 Å². The van der Waals surface area contributed by atoms with Crippen LogP contribution in [0.25, 0.3) is 44.2 Å². The SMILES string of the molecule is c1ccc(C2(c3ccccc3)c3ccccc3-c3cc(N(c4ccc(-c5ccc6c(c5)C(c5ccccc5)(c5ccccc5)c5ccccc5-6)cc4)c4cccc5ccccc45)ccc32)cc1. The predicted molar refractivity (Wildman–Crippen MR) is 279 cm³/mol. The minimum atomic E-state index is -0.464. The highest BCUT2D eigenvalue weighted by molar-refractivity contribution is 6.00. The topological polar surface area (TPSA) is 3.24 Å². The van der Waals surface area contributed by atoms with Gasteiger partial charge in [0, 0.05) is 16.8 Å². The van der Waals surface area contributed by atoms with E-state index in [4.69, 9.17) is 0 Å². The van der Waals surface area contributed by atoms with Gasteiger partial charge in [-0.25, -0.2) is 0 Å². The molecule has 11 aromatic rings. The third-order valence-electron chi connectivity index (χ3n) is 14.6. The van der Waals surface area contributed by atoms with E-state index in [2.05, 4.69) is 278 Å². The molecule has 314 valence electrons. The molecule has 0 radical (unpaired) electrons. The summed E-state index contributed by atoms with van der Waals surface area (Å²) in [5.41, 5.74) is 20.2. The van der Waals surface area contributed by atoms with E-state index in [0.717, 1.165) is 17.1 Å². The van der Waals surface area contributed by atoms with Crippen molar-refractivity contribution >= 4 is 27.8 Å². The van der Waals surface area contributed by atoms with Gasteiger partial charge in [-0.3, -0.25) is 0 Å². The molecule has 0 fully saturated rings. The molecule has 0 unspecified atom stereocenters. The molecule has 0 heterocycles. The van der Waals surface area contributed by atoms with Crippen LogP contribution in [0.5, 0.6) is 0 Å². The van der Waals surface area contributed by atoms with Gasteiger partial charge in [0.15, 0.2) is 0 Å². The first kappa shape index (κ1) is 38.9. The van der Waals surface area contributed by atoms with Crippen LogP contribution in [0.4, 0.5) is 17.1 Å². The van der Waals surface area contributed by atoms with Gasteiger partial charge in [-0.2, -0.15) is 0 Å². The molecule has 2 aliphatic carbocycles. The largest absolute Gasteiger partial charge is 0.310 e. The summed E-state index contributed by atoms with van der Waals surface area (Å²) < 4.78 is 0. The number of anilines is 3. The highest BCUT2D eigenvalue weighted by atomic mass is 15.1. The number of fused-ring (bicyclic) bond motifs is 7. The molecule has 0 N–H and O–H groups in total. The van der Waals surface area contributed by atoms with Crippen molar-refractivity contribution < 1.29 is 0 Å². The molecule has 0 atom stereocenters. The van der Waals surface area contributed by atoms with Gasteiger partial charge < -0.3 is 4.90 Å². The Labute approximate surface area is 392 Å². The predicted octanol–water partition coefficient (Wildman–Crippen LogP) is 16.7. The van der Waals surface area contributed by atoms with E-state index in [-0.39, 0.29) is 0 Å². The van der Waals surface area contributed by atoms with Crippen molar-refractivity contribution in [3.63, 3.8) is 0 Å². The highest BCUT2D eigenvalue weighted by Crippen LogP contribution is 2.59. The number of benzene rings is 11. The monoisotopic (exact) mass is 851 g/mol. The van der Waals surface area contributed by atoms with Gasteiger partial charge >= 0.3 is 0 Å². The quantitative estimate of drug-likeness (QED) is 0.147. The first-order chi connectivity index (χ1) is 33.2. The Balaban J connectivity index is 0.979. The van der Waals surface area contributed by atoms with Crippen LogP contribution in [0.2, 0.25) is 0 Å². The standard InChI is InChI=1S/C66H45N/c1-5-22-49(23-6-1)65(50-24-7-2-8-25-50)61-34-18-16-32-57(61)59-45-54(41-43-62(59)65)67(64-35-19-21-47-20-13-14-30-55(47)64)53-39-36-46(37-40-53)48-38-42-58-56-31-15-17-33-60(56)66(63(58)44-48,51-26-9-3-10-27-51)52-28-11-4-12-29-52/h1-45H. The van der Waals surface area contributed by atoms with E-state index in [1.807, 2.05) is 0 Å². The Kier molecular flexibility index (Phi) is 9.05. The Morgan fingerprint density at radius 1 is 0.254 bits per heavy atom. The van der Waals surface area contributed by atoms with Crippen LogP contribution in [0.3, 0.4) is 0 Å². The van der Waals surface area contributed by atoms with Crippen LogP contribution >= 0.6 is 0 Å². The summed E-state index contributed by atoms with van der Waals surface area (Å²) in [5, 5.41) is 2.41. The summed E-state index contributed by atoms with van der Waals surface area (Å²) in [6, 6.07) is 101. The second-order valence-corrected chi connectivity index (χ2v) is 17.9. The van der Waals surface area contributed by atoms with Gasteiger partial charge in [-0.05, 0) is 120 Å². The summed E-state index contributed by atoms with van der Waals surface area (Å²) in [7, 11) is 0. The van der Waals surface area contributed by atoms with Gasteiger partial charge in [0.05, 0.1) is 16.5 Å². The van der Waals surface area contributed by atoms with E-state index in [9.17, 15) is 0 Å². The number of rotatable bonds is 8. The lowest BCUT2D eigenvalue weighted by Crippen LogP contribution is -2.28. The van der Waals surface area contributed by atoms with E-state index in [1.54, 1.807) is 0 Å². The van der Waals surface area contributed by atoms with Gasteiger partial charge in [0.1, 0.15) is 0 Å². The molecule has 1 heteroatoms. The molecule has 11 aromatic carbocycles. The smallest absolute Gasteiger partial charge is 0.0713 e. The van der Waals surface area contributed by atoms with Crippen molar-refractivity contribution in [1.82, 2.24) is 0 Å². The normalized spacial score (nSPS) is 13.6. The average Bonchev–Trinajstić information content (AvgIpc) is 3.88. The number of hydrogen-bond donors (Lipinski definition) is 0. The molecular weight excluding hydrogens is 807 g/mol. The van der Waals surface area contributed by atoms with Crippen molar-refractivity contribution in [1.29, 1.82) is 0 Å². The molecule has 0 aliphatic heterocycles. The third kappa shape index (κ3) is 5.81. The molecule has 1 nitrogen and oxygen atoms in total. The second-order valence-electron chi connectivity index (χ2n) is 17.9. The zero-order valence-corrected chi connectivity index (χ0v) is 36.9. The van der Waals surface area contributed by atoms with Gasteiger partial charge in [0.2, 0.25) is 0 Å². The average molecular weight is 852 g/mol.